The molecule has 0 saturated carbocycles. The van der Waals surface area contributed by atoms with E-state index in [1.807, 2.05) is 0 Å². The van der Waals surface area contributed by atoms with Gasteiger partial charge in [0.25, 0.3) is 0 Å². The number of benzene rings is 1. The first-order chi connectivity index (χ1) is 9.98. The van der Waals surface area contributed by atoms with Crippen molar-refractivity contribution in [1.29, 1.82) is 0 Å². The van der Waals surface area contributed by atoms with Crippen LogP contribution in [0.15, 0.2) is 24.3 Å². The molecule has 0 spiro atoms. The summed E-state index contributed by atoms with van der Waals surface area (Å²) in [5.41, 5.74) is 1.13. The largest absolute Gasteiger partial charge is 0.427 e. The maximum atomic E-state index is 11.2. The summed E-state index contributed by atoms with van der Waals surface area (Å²) >= 11 is 0. The third kappa shape index (κ3) is 3.25. The van der Waals surface area contributed by atoms with Crippen LogP contribution < -0.4 is 10.4 Å². The molecule has 0 bridgehead atoms. The number of hydrogen-bond donors (Lipinski definition) is 2. The van der Waals surface area contributed by atoms with Crippen LogP contribution in [-0.4, -0.2) is 26.2 Å². The topological polar surface area (TPSA) is 40.5 Å². The fourth-order valence-corrected chi connectivity index (χ4v) is 10.4. The van der Waals surface area contributed by atoms with Gasteiger partial charge in [0.15, 0.2) is 0 Å². The smallest absolute Gasteiger partial charge is 0.225 e. The quantitative estimate of drug-likeness (QED) is 0.778. The molecule has 1 aromatic carbocycles. The Morgan fingerprint density at radius 2 is 0.727 bits per heavy atom. The van der Waals surface area contributed by atoms with Gasteiger partial charge in [-0.25, -0.2) is 0 Å². The molecule has 2 nitrogen and oxygen atoms in total. The van der Waals surface area contributed by atoms with Crippen molar-refractivity contribution in [2.75, 3.05) is 0 Å². The van der Waals surface area contributed by atoms with Gasteiger partial charge in [-0.15, -0.1) is 0 Å². The normalized spacial score (nSPS) is 13.7. The zero-order valence-corrected chi connectivity index (χ0v) is 17.5. The van der Waals surface area contributed by atoms with Crippen molar-refractivity contribution in [2.45, 2.75) is 77.6 Å². The van der Waals surface area contributed by atoms with Gasteiger partial charge >= 0.3 is 0 Å². The molecule has 0 heterocycles. The van der Waals surface area contributed by atoms with E-state index in [0.29, 0.717) is 0 Å². The van der Waals surface area contributed by atoms with E-state index < -0.39 is 16.6 Å². The van der Waals surface area contributed by atoms with Crippen LogP contribution in [-0.2, 0) is 0 Å². The molecule has 2 N–H and O–H groups in total. The summed E-state index contributed by atoms with van der Waals surface area (Å²) in [5, 5.41) is 2.18. The lowest BCUT2D eigenvalue weighted by Crippen LogP contribution is -2.56. The van der Waals surface area contributed by atoms with E-state index in [2.05, 4.69) is 79.7 Å². The molecule has 0 amide bonds. The molecule has 22 heavy (non-hydrogen) atoms. The first-order valence-corrected chi connectivity index (χ1v) is 12.7. The van der Waals surface area contributed by atoms with Crippen molar-refractivity contribution in [3.8, 4) is 0 Å². The highest BCUT2D eigenvalue weighted by molar-refractivity contribution is 6.89. The van der Waals surface area contributed by atoms with Crippen molar-refractivity contribution in [1.82, 2.24) is 0 Å². The lowest BCUT2D eigenvalue weighted by Gasteiger charge is -2.36. The molecule has 0 aliphatic rings. The van der Waals surface area contributed by atoms with Gasteiger partial charge in [-0.05, 0) is 32.5 Å². The minimum atomic E-state index is -2.48. The second-order valence-electron chi connectivity index (χ2n) is 7.85. The molecule has 0 fully saturated rings. The van der Waals surface area contributed by atoms with Gasteiger partial charge in [0.2, 0.25) is 16.6 Å². The van der Waals surface area contributed by atoms with E-state index in [9.17, 15) is 9.59 Å². The van der Waals surface area contributed by atoms with Crippen LogP contribution in [0.3, 0.4) is 0 Å². The maximum Gasteiger partial charge on any atom is 0.225 e. The predicted molar refractivity (Wildman–Crippen MR) is 102 cm³/mol. The molecule has 0 radical (unpaired) electrons. The first-order valence-electron chi connectivity index (χ1n) is 8.54. The lowest BCUT2D eigenvalue weighted by atomic mass is 10.4. The van der Waals surface area contributed by atoms with Crippen LogP contribution in [0, 0.1) is 0 Å². The highest BCUT2D eigenvalue weighted by Crippen LogP contribution is 2.31. The molecule has 0 aromatic heterocycles. The van der Waals surface area contributed by atoms with E-state index in [1.54, 1.807) is 0 Å². The standard InChI is InChI=1S/C18H34O2Si2/c1-13(2)21(19,14(3)4)17-9-11-18(12-10-17)22(20,15(5)6)16(7)8/h9-16,19-20H,1-8H3. The van der Waals surface area contributed by atoms with Crippen molar-refractivity contribution >= 4 is 27.0 Å². The summed E-state index contributed by atoms with van der Waals surface area (Å²) in [5.74, 6) is 0. The zero-order chi connectivity index (χ0) is 17.3. The van der Waals surface area contributed by atoms with E-state index in [0.717, 1.165) is 10.4 Å². The second-order valence-corrected chi connectivity index (χ2v) is 16.9. The van der Waals surface area contributed by atoms with Crippen LogP contribution in [0.5, 0.6) is 0 Å². The Kier molecular flexibility index (Phi) is 6.24. The van der Waals surface area contributed by atoms with Gasteiger partial charge in [0.1, 0.15) is 0 Å². The van der Waals surface area contributed by atoms with Crippen LogP contribution in [0.25, 0.3) is 0 Å². The molecule has 0 saturated heterocycles. The average Bonchev–Trinajstić information content (AvgIpc) is 2.44. The third-order valence-corrected chi connectivity index (χ3v) is 14.9. The number of hydrogen-bond acceptors (Lipinski definition) is 2. The van der Waals surface area contributed by atoms with Gasteiger partial charge in [0, 0.05) is 0 Å². The van der Waals surface area contributed by atoms with Gasteiger partial charge in [-0.1, -0.05) is 79.7 Å². The van der Waals surface area contributed by atoms with Gasteiger partial charge in [0.05, 0.1) is 0 Å². The summed E-state index contributed by atoms with van der Waals surface area (Å²) in [4.78, 5) is 22.5. The maximum absolute atomic E-state index is 11.2. The number of rotatable bonds is 6. The van der Waals surface area contributed by atoms with Crippen molar-refractivity contribution in [3.63, 3.8) is 0 Å². The summed E-state index contributed by atoms with van der Waals surface area (Å²) in [6.45, 7) is 16.9. The Balaban J connectivity index is 3.30. The Morgan fingerprint density at radius 1 is 0.545 bits per heavy atom. The summed E-state index contributed by atoms with van der Waals surface area (Å²) in [7, 11) is -4.97. The first kappa shape index (κ1) is 19.6. The third-order valence-electron chi connectivity index (χ3n) is 5.33. The summed E-state index contributed by atoms with van der Waals surface area (Å²) < 4.78 is 0. The van der Waals surface area contributed by atoms with Crippen molar-refractivity contribution in [3.05, 3.63) is 24.3 Å². The van der Waals surface area contributed by atoms with Crippen LogP contribution in [0.4, 0.5) is 0 Å². The van der Waals surface area contributed by atoms with Gasteiger partial charge in [-0.3, -0.25) is 0 Å². The summed E-state index contributed by atoms with van der Waals surface area (Å²) in [6, 6.07) is 8.29. The molecule has 0 atom stereocenters. The Bertz CT molecular complexity index is 417. The second kappa shape index (κ2) is 6.99. The predicted octanol–water partition coefficient (Wildman–Crippen LogP) is 3.62. The van der Waals surface area contributed by atoms with Crippen molar-refractivity contribution < 1.29 is 9.59 Å². The van der Waals surface area contributed by atoms with Crippen LogP contribution in [0.1, 0.15) is 55.4 Å². The Morgan fingerprint density at radius 3 is 0.864 bits per heavy atom. The van der Waals surface area contributed by atoms with E-state index in [-0.39, 0.29) is 22.2 Å². The SMILES string of the molecule is CC(C)[Si](O)(c1ccc([Si](O)(C(C)C)C(C)C)cc1)C(C)C. The molecule has 1 rings (SSSR count). The highest BCUT2D eigenvalue weighted by Gasteiger charge is 2.43. The molecule has 4 heteroatoms. The Hall–Kier alpha value is -0.426. The van der Waals surface area contributed by atoms with Crippen molar-refractivity contribution in [2.24, 2.45) is 0 Å². The van der Waals surface area contributed by atoms with E-state index in [4.69, 9.17) is 0 Å². The molecular weight excluding hydrogens is 304 g/mol. The van der Waals surface area contributed by atoms with Crippen LogP contribution >= 0.6 is 0 Å². The molecule has 0 aliphatic carbocycles. The van der Waals surface area contributed by atoms with Gasteiger partial charge in [-0.2, -0.15) is 0 Å². The molecule has 0 aliphatic heterocycles. The lowest BCUT2D eigenvalue weighted by molar-refractivity contribution is 0.511. The molecule has 126 valence electrons. The minimum absolute atomic E-state index is 0.282. The molecule has 1 aromatic rings. The molecule has 0 unspecified atom stereocenters. The minimum Gasteiger partial charge on any atom is -0.427 e. The monoisotopic (exact) mass is 338 g/mol. The fraction of sp³-hybridized carbons (Fsp3) is 0.667. The Labute approximate surface area is 138 Å². The fourth-order valence-electron chi connectivity index (χ4n) is 3.67. The average molecular weight is 339 g/mol. The van der Waals surface area contributed by atoms with E-state index >= 15 is 0 Å². The van der Waals surface area contributed by atoms with Crippen LogP contribution in [0.2, 0.25) is 22.2 Å². The van der Waals surface area contributed by atoms with Gasteiger partial charge < -0.3 is 9.59 Å². The zero-order valence-electron chi connectivity index (χ0n) is 15.5. The highest BCUT2D eigenvalue weighted by atomic mass is 28.4. The summed E-state index contributed by atoms with van der Waals surface area (Å²) in [6.07, 6.45) is 0. The molecular formula is C18H34O2Si2. The van der Waals surface area contributed by atoms with E-state index in [1.165, 1.54) is 0 Å².